The number of carbonyl (C=O) groups excluding carboxylic acids is 2. The van der Waals surface area contributed by atoms with E-state index in [-0.39, 0.29) is 17.4 Å². The molecule has 0 fully saturated rings. The highest BCUT2D eigenvalue weighted by molar-refractivity contribution is 5.97. The van der Waals surface area contributed by atoms with E-state index in [4.69, 9.17) is 0 Å². The van der Waals surface area contributed by atoms with E-state index in [2.05, 4.69) is 17.6 Å². The predicted octanol–water partition coefficient (Wildman–Crippen LogP) is 4.12. The van der Waals surface area contributed by atoms with Crippen LogP contribution in [0, 0.1) is 0 Å². The van der Waals surface area contributed by atoms with Crippen LogP contribution in [0.1, 0.15) is 70.2 Å². The summed E-state index contributed by atoms with van der Waals surface area (Å²) in [4.78, 5) is 24.0. The molecule has 0 bridgehead atoms. The van der Waals surface area contributed by atoms with Gasteiger partial charge < -0.3 is 10.6 Å². The third-order valence-corrected chi connectivity index (χ3v) is 3.15. The summed E-state index contributed by atoms with van der Waals surface area (Å²) in [5.41, 5.74) is 0.941. The number of amides is 2. The number of anilines is 1. The lowest BCUT2D eigenvalue weighted by Gasteiger charge is -2.20. The van der Waals surface area contributed by atoms with Gasteiger partial charge in [0.1, 0.15) is 0 Å². The summed E-state index contributed by atoms with van der Waals surface area (Å²) in [7, 11) is 0. The monoisotopic (exact) mass is 304 g/mol. The number of carbonyl (C=O) groups is 2. The van der Waals surface area contributed by atoms with Gasteiger partial charge >= 0.3 is 0 Å². The third kappa shape index (κ3) is 7.25. The zero-order valence-corrected chi connectivity index (χ0v) is 14.2. The summed E-state index contributed by atoms with van der Waals surface area (Å²) >= 11 is 0. The normalized spacial score (nSPS) is 11.1. The van der Waals surface area contributed by atoms with Gasteiger partial charge in [-0.25, -0.2) is 0 Å². The minimum Gasteiger partial charge on any atom is -0.347 e. The molecule has 2 amide bonds. The molecule has 0 aliphatic heterocycles. The van der Waals surface area contributed by atoms with E-state index >= 15 is 0 Å². The Bertz CT molecular complexity index is 504. The summed E-state index contributed by atoms with van der Waals surface area (Å²) in [6.45, 7) is 7.96. The lowest BCUT2D eigenvalue weighted by atomic mass is 10.1. The fourth-order valence-electron chi connectivity index (χ4n) is 2.09. The molecule has 0 aromatic heterocycles. The Morgan fingerprint density at radius 1 is 1.09 bits per heavy atom. The highest BCUT2D eigenvalue weighted by atomic mass is 16.2. The second-order valence-corrected chi connectivity index (χ2v) is 6.64. The van der Waals surface area contributed by atoms with Crippen molar-refractivity contribution in [2.45, 2.75) is 65.3 Å². The minimum atomic E-state index is -0.282. The van der Waals surface area contributed by atoms with Crippen LogP contribution in [0.25, 0.3) is 0 Å². The molecule has 0 aliphatic carbocycles. The fraction of sp³-hybridized carbons (Fsp3) is 0.556. The van der Waals surface area contributed by atoms with Crippen molar-refractivity contribution in [1.29, 1.82) is 0 Å². The van der Waals surface area contributed by atoms with Crippen LogP contribution in [0.15, 0.2) is 24.3 Å². The highest BCUT2D eigenvalue weighted by Crippen LogP contribution is 2.13. The quantitative estimate of drug-likeness (QED) is 0.744. The molecular weight excluding hydrogens is 276 g/mol. The van der Waals surface area contributed by atoms with Crippen molar-refractivity contribution < 1.29 is 9.59 Å². The van der Waals surface area contributed by atoms with Crippen molar-refractivity contribution in [1.82, 2.24) is 5.32 Å². The van der Waals surface area contributed by atoms with E-state index in [0.29, 0.717) is 17.7 Å². The van der Waals surface area contributed by atoms with E-state index in [1.54, 1.807) is 24.3 Å². The SMILES string of the molecule is CCCCCCC(=O)Nc1cccc(C(=O)NC(C)(C)C)c1. The molecular formula is C18H28N2O2. The Hall–Kier alpha value is -1.84. The van der Waals surface area contributed by atoms with Crippen molar-refractivity contribution in [3.63, 3.8) is 0 Å². The van der Waals surface area contributed by atoms with Crippen LogP contribution in [0.3, 0.4) is 0 Å². The van der Waals surface area contributed by atoms with Crippen molar-refractivity contribution >= 4 is 17.5 Å². The molecule has 0 heterocycles. The second kappa shape index (κ2) is 8.57. The first-order valence-corrected chi connectivity index (χ1v) is 8.04. The second-order valence-electron chi connectivity index (χ2n) is 6.64. The molecule has 22 heavy (non-hydrogen) atoms. The zero-order chi connectivity index (χ0) is 16.6. The molecule has 0 saturated heterocycles. The summed E-state index contributed by atoms with van der Waals surface area (Å²) in [5, 5.41) is 5.77. The molecule has 4 nitrogen and oxygen atoms in total. The summed E-state index contributed by atoms with van der Waals surface area (Å²) in [6.07, 6.45) is 4.84. The van der Waals surface area contributed by atoms with Gasteiger partial charge in [0.15, 0.2) is 0 Å². The number of rotatable bonds is 7. The van der Waals surface area contributed by atoms with Crippen molar-refractivity contribution in [3.8, 4) is 0 Å². The molecule has 0 unspecified atom stereocenters. The summed E-state index contributed by atoms with van der Waals surface area (Å²) in [5.74, 6) is -0.129. The topological polar surface area (TPSA) is 58.2 Å². The van der Waals surface area contributed by atoms with Crippen LogP contribution >= 0.6 is 0 Å². The number of benzene rings is 1. The van der Waals surface area contributed by atoms with Crippen LogP contribution in [-0.4, -0.2) is 17.4 Å². The van der Waals surface area contributed by atoms with E-state index in [0.717, 1.165) is 25.7 Å². The van der Waals surface area contributed by atoms with Gasteiger partial charge in [0.05, 0.1) is 0 Å². The van der Waals surface area contributed by atoms with E-state index in [9.17, 15) is 9.59 Å². The standard InChI is InChI=1S/C18H28N2O2/c1-5-6-7-8-12-16(21)19-15-11-9-10-14(13-15)17(22)20-18(2,3)4/h9-11,13H,5-8,12H2,1-4H3,(H,19,21)(H,20,22). The van der Waals surface area contributed by atoms with Crippen LogP contribution in [-0.2, 0) is 4.79 Å². The first kappa shape index (κ1) is 18.2. The Morgan fingerprint density at radius 3 is 2.45 bits per heavy atom. The molecule has 1 aromatic rings. The maximum absolute atomic E-state index is 12.1. The van der Waals surface area contributed by atoms with Crippen molar-refractivity contribution in [2.75, 3.05) is 5.32 Å². The molecule has 0 radical (unpaired) electrons. The van der Waals surface area contributed by atoms with Crippen LogP contribution < -0.4 is 10.6 Å². The van der Waals surface area contributed by atoms with Gasteiger partial charge in [-0.15, -0.1) is 0 Å². The maximum atomic E-state index is 12.1. The molecule has 1 rings (SSSR count). The minimum absolute atomic E-state index is 0.00415. The van der Waals surface area contributed by atoms with Gasteiger partial charge in [-0.3, -0.25) is 9.59 Å². The van der Waals surface area contributed by atoms with Gasteiger partial charge in [0, 0.05) is 23.2 Å². The number of nitrogens with one attached hydrogen (secondary N) is 2. The van der Waals surface area contributed by atoms with E-state index in [1.807, 2.05) is 20.8 Å². The molecule has 0 atom stereocenters. The van der Waals surface area contributed by atoms with Crippen LogP contribution in [0.2, 0.25) is 0 Å². The lowest BCUT2D eigenvalue weighted by Crippen LogP contribution is -2.40. The third-order valence-electron chi connectivity index (χ3n) is 3.15. The Kier molecular flexibility index (Phi) is 7.09. The van der Waals surface area contributed by atoms with Gasteiger partial charge in [-0.05, 0) is 45.4 Å². The summed E-state index contributed by atoms with van der Waals surface area (Å²) < 4.78 is 0. The van der Waals surface area contributed by atoms with Gasteiger partial charge in [-0.2, -0.15) is 0 Å². The van der Waals surface area contributed by atoms with Gasteiger partial charge in [0.25, 0.3) is 5.91 Å². The molecule has 4 heteroatoms. The van der Waals surface area contributed by atoms with Gasteiger partial charge in [0.2, 0.25) is 5.91 Å². The molecule has 122 valence electrons. The van der Waals surface area contributed by atoms with Crippen molar-refractivity contribution in [2.24, 2.45) is 0 Å². The average molecular weight is 304 g/mol. The smallest absolute Gasteiger partial charge is 0.251 e. The first-order chi connectivity index (χ1) is 10.3. The fourth-order valence-corrected chi connectivity index (χ4v) is 2.09. The predicted molar refractivity (Wildman–Crippen MR) is 91.0 cm³/mol. The lowest BCUT2D eigenvalue weighted by molar-refractivity contribution is -0.116. The molecule has 1 aromatic carbocycles. The number of unbranched alkanes of at least 4 members (excludes halogenated alkanes) is 3. The Balaban J connectivity index is 2.57. The Morgan fingerprint density at radius 2 is 1.82 bits per heavy atom. The molecule has 0 spiro atoms. The average Bonchev–Trinajstić information content (AvgIpc) is 2.42. The van der Waals surface area contributed by atoms with E-state index in [1.165, 1.54) is 0 Å². The van der Waals surface area contributed by atoms with Gasteiger partial charge in [-0.1, -0.05) is 32.3 Å². The van der Waals surface area contributed by atoms with Crippen LogP contribution in [0.4, 0.5) is 5.69 Å². The van der Waals surface area contributed by atoms with E-state index < -0.39 is 0 Å². The molecule has 0 saturated carbocycles. The Labute approximate surface area is 133 Å². The number of hydrogen-bond acceptors (Lipinski definition) is 2. The van der Waals surface area contributed by atoms with Crippen LogP contribution in [0.5, 0.6) is 0 Å². The molecule has 2 N–H and O–H groups in total. The highest BCUT2D eigenvalue weighted by Gasteiger charge is 2.15. The molecule has 0 aliphatic rings. The summed E-state index contributed by atoms with van der Waals surface area (Å²) in [6, 6.07) is 7.05. The zero-order valence-electron chi connectivity index (χ0n) is 14.2. The largest absolute Gasteiger partial charge is 0.347 e. The van der Waals surface area contributed by atoms with Crippen molar-refractivity contribution in [3.05, 3.63) is 29.8 Å². The first-order valence-electron chi connectivity index (χ1n) is 8.04. The number of hydrogen-bond donors (Lipinski definition) is 2. The maximum Gasteiger partial charge on any atom is 0.251 e.